The molecule has 5 nitrogen and oxygen atoms in total. The van der Waals surface area contributed by atoms with Crippen molar-refractivity contribution in [3.63, 3.8) is 0 Å². The molecule has 0 radical (unpaired) electrons. The van der Waals surface area contributed by atoms with Gasteiger partial charge in [-0.2, -0.15) is 0 Å². The van der Waals surface area contributed by atoms with Crippen molar-refractivity contribution >= 4 is 23.2 Å². The van der Waals surface area contributed by atoms with Crippen molar-refractivity contribution < 1.29 is 0 Å². The van der Waals surface area contributed by atoms with Gasteiger partial charge in [0.05, 0.1) is 10.0 Å². The highest BCUT2D eigenvalue weighted by atomic mass is 35.5. The molecule has 0 aromatic carbocycles. The maximum absolute atomic E-state index is 5.76. The predicted molar refractivity (Wildman–Crippen MR) is 76.3 cm³/mol. The first-order valence-corrected chi connectivity index (χ1v) is 6.41. The minimum absolute atomic E-state index is 0.478. The van der Waals surface area contributed by atoms with Crippen LogP contribution in [0.25, 0.3) is 23.0 Å². The summed E-state index contributed by atoms with van der Waals surface area (Å²) in [6.45, 7) is 0. The van der Waals surface area contributed by atoms with E-state index in [2.05, 4.69) is 24.9 Å². The normalized spacial score (nSPS) is 10.5. The van der Waals surface area contributed by atoms with Gasteiger partial charge in [-0.1, -0.05) is 29.3 Å². The average Bonchev–Trinajstić information content (AvgIpc) is 2.49. The molecule has 0 N–H and O–H groups in total. The maximum Gasteiger partial charge on any atom is 0.178 e. The molecule has 20 heavy (non-hydrogen) atoms. The van der Waals surface area contributed by atoms with Crippen LogP contribution in [-0.4, -0.2) is 24.9 Å². The Morgan fingerprint density at radius 3 is 1.45 bits per heavy atom. The van der Waals surface area contributed by atoms with Crippen LogP contribution in [0.5, 0.6) is 0 Å². The lowest BCUT2D eigenvalue weighted by atomic mass is 10.2. The second kappa shape index (κ2) is 5.48. The number of hydrogen-bond donors (Lipinski definition) is 0. The zero-order valence-electron chi connectivity index (χ0n) is 10.0. The zero-order valence-corrected chi connectivity index (χ0v) is 11.5. The van der Waals surface area contributed by atoms with Gasteiger partial charge >= 0.3 is 0 Å². The topological polar surface area (TPSA) is 64.5 Å². The monoisotopic (exact) mass is 303 g/mol. The summed E-state index contributed by atoms with van der Waals surface area (Å²) < 4.78 is 0. The van der Waals surface area contributed by atoms with E-state index in [4.69, 9.17) is 23.2 Å². The second-order valence-corrected chi connectivity index (χ2v) is 4.73. The molecule has 7 heteroatoms. The average molecular weight is 304 g/mol. The van der Waals surface area contributed by atoms with Gasteiger partial charge in [0, 0.05) is 24.8 Å². The third-order valence-electron chi connectivity index (χ3n) is 2.45. The Morgan fingerprint density at radius 1 is 0.650 bits per heavy atom. The van der Waals surface area contributed by atoms with Crippen molar-refractivity contribution in [2.75, 3.05) is 0 Å². The number of aromatic nitrogens is 5. The molecule has 0 unspecified atom stereocenters. The van der Waals surface area contributed by atoms with Gasteiger partial charge in [0.15, 0.2) is 11.6 Å². The standard InChI is InChI=1S/C13H7Cl2N5/c14-8-4-16-12(17-5-8)10-2-1-3-11(20-10)13-18-6-9(15)7-19-13/h1-7H. The van der Waals surface area contributed by atoms with Gasteiger partial charge < -0.3 is 0 Å². The Bertz CT molecular complexity index is 668. The number of nitrogens with zero attached hydrogens (tertiary/aromatic N) is 5. The molecule has 0 amide bonds. The van der Waals surface area contributed by atoms with Crippen LogP contribution in [0.2, 0.25) is 10.0 Å². The SMILES string of the molecule is Clc1cnc(-c2cccc(-c3ncc(Cl)cn3)n2)nc1. The Morgan fingerprint density at radius 2 is 1.05 bits per heavy atom. The third-order valence-corrected chi connectivity index (χ3v) is 2.84. The van der Waals surface area contributed by atoms with E-state index < -0.39 is 0 Å². The Kier molecular flexibility index (Phi) is 3.54. The third kappa shape index (κ3) is 2.74. The van der Waals surface area contributed by atoms with E-state index in [0.29, 0.717) is 33.1 Å². The Hall–Kier alpha value is -2.11. The van der Waals surface area contributed by atoms with E-state index in [1.54, 1.807) is 0 Å². The summed E-state index contributed by atoms with van der Waals surface area (Å²) in [4.78, 5) is 21.0. The number of rotatable bonds is 2. The van der Waals surface area contributed by atoms with Crippen LogP contribution in [0.1, 0.15) is 0 Å². The van der Waals surface area contributed by atoms with E-state index in [0.717, 1.165) is 0 Å². The second-order valence-electron chi connectivity index (χ2n) is 3.86. The predicted octanol–water partition coefficient (Wildman–Crippen LogP) is 3.30. The molecule has 0 saturated heterocycles. The van der Waals surface area contributed by atoms with Crippen molar-refractivity contribution in [3.8, 4) is 23.0 Å². The van der Waals surface area contributed by atoms with Crippen LogP contribution >= 0.6 is 23.2 Å². The molecule has 3 aromatic heterocycles. The molecule has 0 aliphatic rings. The lowest BCUT2D eigenvalue weighted by Gasteiger charge is -2.02. The summed E-state index contributed by atoms with van der Waals surface area (Å²) in [6, 6.07) is 5.46. The molecule has 3 heterocycles. The quantitative estimate of drug-likeness (QED) is 0.727. The van der Waals surface area contributed by atoms with Gasteiger partial charge in [-0.25, -0.2) is 24.9 Å². The molecular formula is C13H7Cl2N5. The fourth-order valence-corrected chi connectivity index (χ4v) is 1.77. The fraction of sp³-hybridized carbons (Fsp3) is 0. The summed E-state index contributed by atoms with van der Waals surface area (Å²) in [7, 11) is 0. The van der Waals surface area contributed by atoms with Crippen LogP contribution in [0.15, 0.2) is 43.0 Å². The van der Waals surface area contributed by atoms with Crippen molar-refractivity contribution in [3.05, 3.63) is 53.0 Å². The number of halogens is 2. The van der Waals surface area contributed by atoms with Crippen LogP contribution < -0.4 is 0 Å². The fourth-order valence-electron chi connectivity index (χ4n) is 1.57. The molecule has 0 atom stereocenters. The first-order chi connectivity index (χ1) is 9.72. The number of hydrogen-bond acceptors (Lipinski definition) is 5. The van der Waals surface area contributed by atoms with Crippen molar-refractivity contribution in [1.82, 2.24) is 24.9 Å². The summed E-state index contributed by atoms with van der Waals surface area (Å²) >= 11 is 11.5. The van der Waals surface area contributed by atoms with Crippen LogP contribution in [0, 0.1) is 0 Å². The molecule has 0 fully saturated rings. The Labute approximate surface area is 124 Å². The van der Waals surface area contributed by atoms with Gasteiger partial charge in [0.25, 0.3) is 0 Å². The maximum atomic E-state index is 5.76. The molecule has 0 saturated carbocycles. The van der Waals surface area contributed by atoms with E-state index in [-0.39, 0.29) is 0 Å². The molecule has 0 aliphatic carbocycles. The van der Waals surface area contributed by atoms with Crippen molar-refractivity contribution in [1.29, 1.82) is 0 Å². The molecule has 0 bridgehead atoms. The smallest absolute Gasteiger partial charge is 0.178 e. The number of pyridine rings is 1. The van der Waals surface area contributed by atoms with Gasteiger partial charge in [-0.15, -0.1) is 0 Å². The first kappa shape index (κ1) is 12.9. The molecule has 0 spiro atoms. The lowest BCUT2D eigenvalue weighted by molar-refractivity contribution is 1.11. The largest absolute Gasteiger partial charge is 0.241 e. The first-order valence-electron chi connectivity index (χ1n) is 5.65. The Balaban J connectivity index is 2.01. The van der Waals surface area contributed by atoms with Crippen LogP contribution in [0.4, 0.5) is 0 Å². The van der Waals surface area contributed by atoms with E-state index in [9.17, 15) is 0 Å². The van der Waals surface area contributed by atoms with E-state index in [1.807, 2.05) is 18.2 Å². The summed E-state index contributed by atoms with van der Waals surface area (Å²) in [5.74, 6) is 0.982. The molecule has 98 valence electrons. The summed E-state index contributed by atoms with van der Waals surface area (Å²) in [5.41, 5.74) is 1.25. The summed E-state index contributed by atoms with van der Waals surface area (Å²) in [5, 5.41) is 0.955. The highest BCUT2D eigenvalue weighted by molar-refractivity contribution is 6.30. The van der Waals surface area contributed by atoms with Crippen molar-refractivity contribution in [2.45, 2.75) is 0 Å². The van der Waals surface area contributed by atoms with Gasteiger partial charge in [0.2, 0.25) is 0 Å². The van der Waals surface area contributed by atoms with Gasteiger partial charge in [0.1, 0.15) is 11.4 Å². The van der Waals surface area contributed by atoms with Crippen molar-refractivity contribution in [2.24, 2.45) is 0 Å². The minimum atomic E-state index is 0.478. The lowest BCUT2D eigenvalue weighted by Crippen LogP contribution is -1.95. The zero-order chi connectivity index (χ0) is 13.9. The van der Waals surface area contributed by atoms with E-state index in [1.165, 1.54) is 24.8 Å². The minimum Gasteiger partial charge on any atom is -0.241 e. The molecule has 0 aliphatic heterocycles. The van der Waals surface area contributed by atoms with Gasteiger partial charge in [-0.05, 0) is 12.1 Å². The van der Waals surface area contributed by atoms with Crippen LogP contribution in [-0.2, 0) is 0 Å². The molecule has 3 rings (SSSR count). The highest BCUT2D eigenvalue weighted by Crippen LogP contribution is 2.18. The molecular weight excluding hydrogens is 297 g/mol. The van der Waals surface area contributed by atoms with E-state index >= 15 is 0 Å². The van der Waals surface area contributed by atoms with Crippen LogP contribution in [0.3, 0.4) is 0 Å². The summed E-state index contributed by atoms with van der Waals surface area (Å²) in [6.07, 6.45) is 6.10. The van der Waals surface area contributed by atoms with Gasteiger partial charge in [-0.3, -0.25) is 0 Å². The molecule has 3 aromatic rings. The highest BCUT2D eigenvalue weighted by Gasteiger charge is 2.07.